The fourth-order valence-corrected chi connectivity index (χ4v) is 1.27. The Kier molecular flexibility index (Phi) is 3.09. The minimum atomic E-state index is -0.122. The molecular formula is C9H16O3. The van der Waals surface area contributed by atoms with E-state index in [1.165, 1.54) is 7.11 Å². The summed E-state index contributed by atoms with van der Waals surface area (Å²) in [6.45, 7) is 3.94. The molecule has 0 bridgehead atoms. The molecule has 0 aromatic carbocycles. The smallest absolute Gasteiger partial charge is 0.308 e. The van der Waals surface area contributed by atoms with Gasteiger partial charge in [0.2, 0.25) is 0 Å². The molecule has 0 spiro atoms. The molecule has 0 amide bonds. The number of hydrogen-bond donors (Lipinski definition) is 0. The quantitative estimate of drug-likeness (QED) is 0.475. The second-order valence-electron chi connectivity index (χ2n) is 3.38. The van der Waals surface area contributed by atoms with Crippen LogP contribution in [0.25, 0.3) is 0 Å². The Bertz CT molecular complexity index is 167. The normalized spacial score (nSPS) is 29.6. The van der Waals surface area contributed by atoms with Crippen molar-refractivity contribution in [3.8, 4) is 0 Å². The van der Waals surface area contributed by atoms with Crippen molar-refractivity contribution in [3.05, 3.63) is 0 Å². The van der Waals surface area contributed by atoms with Crippen LogP contribution in [0.1, 0.15) is 26.7 Å². The molecule has 0 saturated carbocycles. The minimum absolute atomic E-state index is 0.00593. The zero-order chi connectivity index (χ0) is 9.14. The summed E-state index contributed by atoms with van der Waals surface area (Å²) in [6, 6.07) is 0. The predicted octanol–water partition coefficient (Wildman–Crippen LogP) is 1.36. The molecule has 1 saturated heterocycles. The van der Waals surface area contributed by atoms with Crippen LogP contribution < -0.4 is 0 Å². The fraction of sp³-hybridized carbons (Fsp3) is 0.889. The van der Waals surface area contributed by atoms with Crippen LogP contribution in [-0.4, -0.2) is 25.3 Å². The minimum Gasteiger partial charge on any atom is -0.469 e. The molecule has 0 aromatic heterocycles. The van der Waals surface area contributed by atoms with Crippen molar-refractivity contribution >= 4 is 5.97 Å². The van der Waals surface area contributed by atoms with Gasteiger partial charge in [-0.1, -0.05) is 6.92 Å². The Morgan fingerprint density at radius 3 is 2.67 bits per heavy atom. The van der Waals surface area contributed by atoms with E-state index in [9.17, 15) is 4.79 Å². The lowest BCUT2D eigenvalue weighted by molar-refractivity contribution is -0.145. The molecule has 3 nitrogen and oxygen atoms in total. The molecule has 3 heteroatoms. The molecule has 70 valence electrons. The predicted molar refractivity (Wildman–Crippen MR) is 44.7 cm³/mol. The molecule has 3 atom stereocenters. The van der Waals surface area contributed by atoms with Crippen molar-refractivity contribution in [2.24, 2.45) is 5.92 Å². The number of hydrogen-bond acceptors (Lipinski definition) is 3. The second kappa shape index (κ2) is 3.90. The van der Waals surface area contributed by atoms with Crippen molar-refractivity contribution < 1.29 is 14.3 Å². The van der Waals surface area contributed by atoms with E-state index in [-0.39, 0.29) is 11.9 Å². The Labute approximate surface area is 73.0 Å². The highest BCUT2D eigenvalue weighted by Crippen LogP contribution is 2.27. The zero-order valence-electron chi connectivity index (χ0n) is 7.87. The summed E-state index contributed by atoms with van der Waals surface area (Å²) in [5.74, 6) is -0.116. The van der Waals surface area contributed by atoms with Crippen molar-refractivity contribution in [1.29, 1.82) is 0 Å². The highest BCUT2D eigenvalue weighted by atomic mass is 16.6. The van der Waals surface area contributed by atoms with Crippen molar-refractivity contribution in [2.45, 2.75) is 38.9 Å². The van der Waals surface area contributed by atoms with E-state index in [2.05, 4.69) is 4.74 Å². The number of carbonyl (C=O) groups excluding carboxylic acids is 1. The summed E-state index contributed by atoms with van der Waals surface area (Å²) in [4.78, 5) is 11.0. The third-order valence-electron chi connectivity index (χ3n) is 2.32. The van der Waals surface area contributed by atoms with Gasteiger partial charge in [-0.05, 0) is 19.8 Å². The summed E-state index contributed by atoms with van der Waals surface area (Å²) >= 11 is 0. The first-order valence-corrected chi connectivity index (χ1v) is 4.38. The van der Waals surface area contributed by atoms with Gasteiger partial charge in [0.05, 0.1) is 25.2 Å². The van der Waals surface area contributed by atoms with E-state index in [0.717, 1.165) is 12.8 Å². The van der Waals surface area contributed by atoms with Crippen molar-refractivity contribution in [3.63, 3.8) is 0 Å². The molecule has 0 radical (unpaired) electrons. The highest BCUT2D eigenvalue weighted by molar-refractivity contribution is 5.71. The van der Waals surface area contributed by atoms with Gasteiger partial charge in [0.1, 0.15) is 0 Å². The lowest BCUT2D eigenvalue weighted by atomic mass is 10.0. The number of esters is 1. The molecule has 12 heavy (non-hydrogen) atoms. The number of methoxy groups -OCH3 is 1. The van der Waals surface area contributed by atoms with Crippen LogP contribution in [-0.2, 0) is 14.3 Å². The third kappa shape index (κ3) is 2.48. The molecule has 0 N–H and O–H groups in total. The largest absolute Gasteiger partial charge is 0.469 e. The van der Waals surface area contributed by atoms with E-state index in [0.29, 0.717) is 12.2 Å². The summed E-state index contributed by atoms with van der Waals surface area (Å²) in [6.07, 6.45) is 2.62. The second-order valence-corrected chi connectivity index (χ2v) is 3.38. The van der Waals surface area contributed by atoms with E-state index in [4.69, 9.17) is 4.74 Å². The lowest BCUT2D eigenvalue weighted by Crippen LogP contribution is -2.13. The lowest BCUT2D eigenvalue weighted by Gasteiger charge is -2.06. The fourth-order valence-electron chi connectivity index (χ4n) is 1.27. The van der Waals surface area contributed by atoms with Gasteiger partial charge in [-0.3, -0.25) is 4.79 Å². The SMILES string of the molecule is COC(=O)C(C)CCC1OC1C. The highest BCUT2D eigenvalue weighted by Gasteiger charge is 2.34. The van der Waals surface area contributed by atoms with Gasteiger partial charge >= 0.3 is 5.97 Å². The van der Waals surface area contributed by atoms with Crippen LogP contribution in [0.5, 0.6) is 0 Å². The Hall–Kier alpha value is -0.570. The first-order valence-electron chi connectivity index (χ1n) is 4.38. The van der Waals surface area contributed by atoms with Crippen LogP contribution in [0.3, 0.4) is 0 Å². The average Bonchev–Trinajstić information content (AvgIpc) is 2.76. The molecular weight excluding hydrogens is 156 g/mol. The van der Waals surface area contributed by atoms with Crippen LogP contribution >= 0.6 is 0 Å². The van der Waals surface area contributed by atoms with Crippen LogP contribution in [0.2, 0.25) is 0 Å². The Balaban J connectivity index is 2.10. The molecule has 3 unspecified atom stereocenters. The number of epoxide rings is 1. The Morgan fingerprint density at radius 2 is 2.25 bits per heavy atom. The summed E-state index contributed by atoms with van der Waals surface area (Å²) in [5.41, 5.74) is 0. The maximum Gasteiger partial charge on any atom is 0.308 e. The summed E-state index contributed by atoms with van der Waals surface area (Å²) < 4.78 is 9.84. The first kappa shape index (κ1) is 9.52. The van der Waals surface area contributed by atoms with Crippen LogP contribution in [0, 0.1) is 5.92 Å². The van der Waals surface area contributed by atoms with Crippen molar-refractivity contribution in [2.75, 3.05) is 7.11 Å². The van der Waals surface area contributed by atoms with E-state index < -0.39 is 0 Å². The monoisotopic (exact) mass is 172 g/mol. The molecule has 1 heterocycles. The average molecular weight is 172 g/mol. The molecule has 0 aliphatic carbocycles. The van der Waals surface area contributed by atoms with Gasteiger partial charge < -0.3 is 9.47 Å². The summed E-state index contributed by atoms with van der Waals surface area (Å²) in [7, 11) is 1.43. The standard InChI is InChI=1S/C9H16O3/c1-6(9(10)11-3)4-5-8-7(2)12-8/h6-8H,4-5H2,1-3H3. The topological polar surface area (TPSA) is 38.8 Å². The molecule has 1 fully saturated rings. The number of rotatable bonds is 4. The van der Waals surface area contributed by atoms with Gasteiger partial charge in [-0.15, -0.1) is 0 Å². The van der Waals surface area contributed by atoms with Gasteiger partial charge in [-0.2, -0.15) is 0 Å². The third-order valence-corrected chi connectivity index (χ3v) is 2.32. The van der Waals surface area contributed by atoms with Gasteiger partial charge in [-0.25, -0.2) is 0 Å². The van der Waals surface area contributed by atoms with Gasteiger partial charge in [0.25, 0.3) is 0 Å². The molecule has 1 aliphatic rings. The van der Waals surface area contributed by atoms with Crippen LogP contribution in [0.4, 0.5) is 0 Å². The number of ether oxygens (including phenoxy) is 2. The molecule has 1 aliphatic heterocycles. The van der Waals surface area contributed by atoms with Crippen LogP contribution in [0.15, 0.2) is 0 Å². The maximum absolute atomic E-state index is 11.0. The number of carbonyl (C=O) groups is 1. The molecule has 1 rings (SSSR count). The maximum atomic E-state index is 11.0. The van der Waals surface area contributed by atoms with Crippen molar-refractivity contribution in [1.82, 2.24) is 0 Å². The Morgan fingerprint density at radius 1 is 1.67 bits per heavy atom. The van der Waals surface area contributed by atoms with E-state index in [1.54, 1.807) is 0 Å². The van der Waals surface area contributed by atoms with E-state index >= 15 is 0 Å². The van der Waals surface area contributed by atoms with Gasteiger partial charge in [0, 0.05) is 0 Å². The van der Waals surface area contributed by atoms with E-state index in [1.807, 2.05) is 13.8 Å². The molecule has 0 aromatic rings. The zero-order valence-corrected chi connectivity index (χ0v) is 7.87. The summed E-state index contributed by atoms with van der Waals surface area (Å²) in [5, 5.41) is 0. The van der Waals surface area contributed by atoms with Gasteiger partial charge in [0.15, 0.2) is 0 Å². The first-order chi connectivity index (χ1) is 5.65.